The zero-order valence-corrected chi connectivity index (χ0v) is 21.3. The lowest BCUT2D eigenvalue weighted by atomic mass is 9.93. The van der Waals surface area contributed by atoms with E-state index >= 15 is 0 Å². The number of nitrogens with zero attached hydrogens (tertiary/aromatic N) is 5. The van der Waals surface area contributed by atoms with Crippen LogP contribution in [0.2, 0.25) is 0 Å². The summed E-state index contributed by atoms with van der Waals surface area (Å²) in [5.74, 6) is 0.659. The van der Waals surface area contributed by atoms with E-state index in [0.29, 0.717) is 37.7 Å². The molecule has 2 unspecified atom stereocenters. The molecule has 2 aliphatic heterocycles. The maximum atomic E-state index is 13.3. The zero-order chi connectivity index (χ0) is 26.1. The van der Waals surface area contributed by atoms with Crippen LogP contribution in [0, 0.1) is 0 Å². The standard InChI is InChI=1S/C27H33N5O5/c1-3-18-7-8-20-21(32(18)27(35)36)9-10-22-26(20)28-23(11-14-30-13-5-4-6-24(30)33)31(22)16-25(34)29(2)19-12-15-37-17-19/h4-6,9-10,13,18-19H,3,7-8,11-12,14-17H2,1-2H3,(H,35,36). The van der Waals surface area contributed by atoms with Crippen molar-refractivity contribution in [3.05, 3.63) is 58.3 Å². The van der Waals surface area contributed by atoms with Crippen LogP contribution >= 0.6 is 0 Å². The predicted molar refractivity (Wildman–Crippen MR) is 139 cm³/mol. The number of fused-ring (bicyclic) bond motifs is 3. The molecule has 0 aliphatic carbocycles. The van der Waals surface area contributed by atoms with E-state index in [1.54, 1.807) is 21.7 Å². The van der Waals surface area contributed by atoms with E-state index in [-0.39, 0.29) is 30.1 Å². The Balaban J connectivity index is 1.55. The molecule has 2 atom stereocenters. The summed E-state index contributed by atoms with van der Waals surface area (Å²) in [4.78, 5) is 45.9. The van der Waals surface area contributed by atoms with Crippen LogP contribution in [0.1, 0.15) is 37.6 Å². The number of aryl methyl sites for hydroxylation is 3. The van der Waals surface area contributed by atoms with E-state index in [1.165, 1.54) is 11.0 Å². The van der Waals surface area contributed by atoms with Gasteiger partial charge in [-0.05, 0) is 43.9 Å². The quantitative estimate of drug-likeness (QED) is 0.527. The van der Waals surface area contributed by atoms with Crippen LogP contribution in [0.4, 0.5) is 10.5 Å². The number of anilines is 1. The molecule has 10 heteroatoms. The number of pyridine rings is 1. The second-order valence-electron chi connectivity index (χ2n) is 9.80. The average Bonchev–Trinajstić information content (AvgIpc) is 3.55. The van der Waals surface area contributed by atoms with Crippen molar-refractivity contribution in [2.24, 2.45) is 0 Å². The van der Waals surface area contributed by atoms with Gasteiger partial charge in [-0.15, -0.1) is 0 Å². The van der Waals surface area contributed by atoms with Gasteiger partial charge in [0.2, 0.25) is 5.91 Å². The Morgan fingerprint density at radius 3 is 2.76 bits per heavy atom. The van der Waals surface area contributed by atoms with Crippen molar-refractivity contribution in [3.63, 3.8) is 0 Å². The van der Waals surface area contributed by atoms with Gasteiger partial charge in [0, 0.05) is 50.5 Å². The second kappa shape index (κ2) is 10.4. The molecule has 0 bridgehead atoms. The van der Waals surface area contributed by atoms with Gasteiger partial charge in [0.15, 0.2) is 0 Å². The van der Waals surface area contributed by atoms with Gasteiger partial charge in [0.25, 0.3) is 5.56 Å². The molecule has 2 aromatic heterocycles. The number of aromatic nitrogens is 3. The number of ether oxygens (including phenoxy) is 1. The molecule has 1 saturated heterocycles. The second-order valence-corrected chi connectivity index (χ2v) is 9.80. The Bertz CT molecular complexity index is 1370. The third-order valence-corrected chi connectivity index (χ3v) is 7.72. The van der Waals surface area contributed by atoms with Crippen molar-refractivity contribution < 1.29 is 19.4 Å². The van der Waals surface area contributed by atoms with Gasteiger partial charge in [-0.25, -0.2) is 9.78 Å². The van der Waals surface area contributed by atoms with Gasteiger partial charge in [-0.2, -0.15) is 0 Å². The highest BCUT2D eigenvalue weighted by atomic mass is 16.5. The topological polar surface area (TPSA) is 110 Å². The van der Waals surface area contributed by atoms with E-state index in [0.717, 1.165) is 42.3 Å². The zero-order valence-electron chi connectivity index (χ0n) is 21.3. The van der Waals surface area contributed by atoms with Crippen LogP contribution in [0.3, 0.4) is 0 Å². The summed E-state index contributed by atoms with van der Waals surface area (Å²) in [6.07, 6.45) is 4.22. The SMILES string of the molecule is CCC1CCc2c(ccc3c2nc(CCn2ccccc2=O)n3CC(=O)N(C)C2CCOC2)N1C(=O)O. The van der Waals surface area contributed by atoms with E-state index in [1.807, 2.05) is 36.7 Å². The number of carboxylic acid groups (broad SMARTS) is 1. The fraction of sp³-hybridized carbons (Fsp3) is 0.481. The maximum absolute atomic E-state index is 13.3. The highest BCUT2D eigenvalue weighted by molar-refractivity contribution is 5.95. The van der Waals surface area contributed by atoms with Crippen LogP contribution in [-0.4, -0.2) is 68.5 Å². The fourth-order valence-electron chi connectivity index (χ4n) is 5.55. The predicted octanol–water partition coefficient (Wildman–Crippen LogP) is 2.90. The molecular formula is C27H33N5O5. The van der Waals surface area contributed by atoms with E-state index in [2.05, 4.69) is 0 Å². The van der Waals surface area contributed by atoms with Gasteiger partial charge in [0.1, 0.15) is 12.4 Å². The van der Waals surface area contributed by atoms with Crippen molar-refractivity contribution in [2.45, 2.75) is 64.2 Å². The maximum Gasteiger partial charge on any atom is 0.412 e. The summed E-state index contributed by atoms with van der Waals surface area (Å²) in [5, 5.41) is 9.95. The third-order valence-electron chi connectivity index (χ3n) is 7.72. The van der Waals surface area contributed by atoms with E-state index < -0.39 is 6.09 Å². The van der Waals surface area contributed by atoms with Gasteiger partial charge in [-0.3, -0.25) is 14.5 Å². The minimum absolute atomic E-state index is 0.0381. The Hall–Kier alpha value is -3.66. The minimum Gasteiger partial charge on any atom is -0.465 e. The van der Waals surface area contributed by atoms with Crippen LogP contribution in [0.5, 0.6) is 0 Å². The lowest BCUT2D eigenvalue weighted by molar-refractivity contribution is -0.132. The first-order chi connectivity index (χ1) is 17.9. The number of carbonyl (C=O) groups is 2. The Kier molecular flexibility index (Phi) is 7.01. The molecule has 1 aromatic carbocycles. The van der Waals surface area contributed by atoms with Crippen molar-refractivity contribution in [1.82, 2.24) is 19.0 Å². The van der Waals surface area contributed by atoms with Crippen molar-refractivity contribution in [2.75, 3.05) is 25.2 Å². The number of hydrogen-bond acceptors (Lipinski definition) is 5. The van der Waals surface area contributed by atoms with Crippen molar-refractivity contribution in [3.8, 4) is 0 Å². The lowest BCUT2D eigenvalue weighted by Crippen LogP contribution is -2.42. The first-order valence-corrected chi connectivity index (χ1v) is 12.9. The molecule has 2 amide bonds. The smallest absolute Gasteiger partial charge is 0.412 e. The van der Waals surface area contributed by atoms with Crippen LogP contribution < -0.4 is 10.5 Å². The number of amides is 2. The monoisotopic (exact) mass is 507 g/mol. The summed E-state index contributed by atoms with van der Waals surface area (Å²) in [6.45, 7) is 3.72. The third kappa shape index (κ3) is 4.73. The summed E-state index contributed by atoms with van der Waals surface area (Å²) in [7, 11) is 1.81. The van der Waals surface area contributed by atoms with Crippen LogP contribution in [0.15, 0.2) is 41.3 Å². The van der Waals surface area contributed by atoms with Crippen LogP contribution in [0.25, 0.3) is 11.0 Å². The molecule has 1 fully saturated rings. The first kappa shape index (κ1) is 25.0. The van der Waals surface area contributed by atoms with Gasteiger partial charge in [-0.1, -0.05) is 13.0 Å². The molecule has 2 aliphatic rings. The number of rotatable bonds is 7. The molecule has 4 heterocycles. The molecule has 37 heavy (non-hydrogen) atoms. The van der Waals surface area contributed by atoms with E-state index in [4.69, 9.17) is 9.72 Å². The Labute approximate surface area is 215 Å². The largest absolute Gasteiger partial charge is 0.465 e. The summed E-state index contributed by atoms with van der Waals surface area (Å²) in [5.41, 5.74) is 3.00. The number of hydrogen-bond donors (Lipinski definition) is 1. The van der Waals surface area contributed by atoms with Crippen molar-refractivity contribution >= 4 is 28.7 Å². The molecular weight excluding hydrogens is 474 g/mol. The van der Waals surface area contributed by atoms with E-state index in [9.17, 15) is 19.5 Å². The van der Waals surface area contributed by atoms with Gasteiger partial charge < -0.3 is 23.9 Å². The number of imidazole rings is 1. The molecule has 1 N–H and O–H groups in total. The summed E-state index contributed by atoms with van der Waals surface area (Å²) < 4.78 is 9.02. The molecule has 0 saturated carbocycles. The summed E-state index contributed by atoms with van der Waals surface area (Å²) >= 11 is 0. The molecule has 5 rings (SSSR count). The Morgan fingerprint density at radius 1 is 1.22 bits per heavy atom. The molecule has 0 spiro atoms. The average molecular weight is 508 g/mol. The number of likely N-dealkylation sites (N-methyl/N-ethyl adjacent to an activating group) is 1. The van der Waals surface area contributed by atoms with Crippen molar-refractivity contribution in [1.29, 1.82) is 0 Å². The lowest BCUT2D eigenvalue weighted by Gasteiger charge is -2.34. The fourth-order valence-corrected chi connectivity index (χ4v) is 5.55. The normalized spacial score (nSPS) is 19.2. The number of carbonyl (C=O) groups excluding carboxylic acids is 1. The highest BCUT2D eigenvalue weighted by Crippen LogP contribution is 2.37. The molecule has 196 valence electrons. The summed E-state index contributed by atoms with van der Waals surface area (Å²) in [6, 6.07) is 8.74. The molecule has 10 nitrogen and oxygen atoms in total. The minimum atomic E-state index is -0.967. The van der Waals surface area contributed by atoms with Gasteiger partial charge >= 0.3 is 6.09 Å². The molecule has 0 radical (unpaired) electrons. The van der Waals surface area contributed by atoms with Crippen LogP contribution in [-0.2, 0) is 35.5 Å². The number of benzene rings is 1. The first-order valence-electron chi connectivity index (χ1n) is 12.9. The Morgan fingerprint density at radius 2 is 2.05 bits per heavy atom. The highest BCUT2D eigenvalue weighted by Gasteiger charge is 2.32. The molecule has 3 aromatic rings. The van der Waals surface area contributed by atoms with Gasteiger partial charge in [0.05, 0.1) is 29.4 Å².